The molecule has 0 saturated carbocycles. The summed E-state index contributed by atoms with van der Waals surface area (Å²) in [5.41, 5.74) is 4.25. The van der Waals surface area contributed by atoms with Crippen molar-refractivity contribution >= 4 is 44.2 Å². The van der Waals surface area contributed by atoms with Crippen molar-refractivity contribution in [2.75, 3.05) is 0 Å². The molecule has 0 atom stereocenters. The van der Waals surface area contributed by atoms with Crippen LogP contribution in [0, 0.1) is 0 Å². The molecule has 150 valence electrons. The average molecular weight is 409 g/mol. The standard InChI is InChI=1S/C30H20N2/c1-3-11-25-21(7-1)9-5-13-26(25)24-16-15-22-10-6-14-29(28(22)19-24)32-20-30-27-12-4-2-8-23(27)17-18-31-30/h1-20H. The van der Waals surface area contributed by atoms with Gasteiger partial charge in [0.05, 0.1) is 17.6 Å². The highest BCUT2D eigenvalue weighted by Crippen LogP contribution is 2.34. The van der Waals surface area contributed by atoms with Gasteiger partial charge in [-0.3, -0.25) is 9.98 Å². The molecule has 1 aromatic heterocycles. The lowest BCUT2D eigenvalue weighted by atomic mass is 9.96. The smallest absolute Gasteiger partial charge is 0.0890 e. The molecule has 32 heavy (non-hydrogen) atoms. The first kappa shape index (κ1) is 18.5. The van der Waals surface area contributed by atoms with E-state index in [2.05, 4.69) is 96.0 Å². The van der Waals surface area contributed by atoms with E-state index in [0.29, 0.717) is 0 Å². The number of aromatic nitrogens is 1. The highest BCUT2D eigenvalue weighted by Gasteiger charge is 2.07. The first-order chi connectivity index (χ1) is 15.9. The molecule has 0 amide bonds. The Balaban J connectivity index is 1.49. The quantitative estimate of drug-likeness (QED) is 0.273. The number of aliphatic imine (C=N–C) groups is 1. The van der Waals surface area contributed by atoms with E-state index in [1.807, 2.05) is 30.6 Å². The van der Waals surface area contributed by atoms with Gasteiger partial charge in [0.1, 0.15) is 0 Å². The fourth-order valence-electron chi connectivity index (χ4n) is 4.39. The Labute approximate surface area is 186 Å². The van der Waals surface area contributed by atoms with Gasteiger partial charge in [0, 0.05) is 17.0 Å². The molecule has 1 heterocycles. The van der Waals surface area contributed by atoms with Crippen LogP contribution in [0.4, 0.5) is 5.69 Å². The first-order valence-electron chi connectivity index (χ1n) is 10.8. The van der Waals surface area contributed by atoms with Crippen LogP contribution >= 0.6 is 0 Å². The molecular weight excluding hydrogens is 388 g/mol. The Bertz CT molecular complexity index is 1620. The molecular formula is C30H20N2. The van der Waals surface area contributed by atoms with E-state index < -0.39 is 0 Å². The number of rotatable bonds is 3. The molecule has 2 nitrogen and oxygen atoms in total. The summed E-state index contributed by atoms with van der Waals surface area (Å²) in [5, 5.41) is 7.09. The van der Waals surface area contributed by atoms with E-state index in [9.17, 15) is 0 Å². The monoisotopic (exact) mass is 408 g/mol. The van der Waals surface area contributed by atoms with Crippen LogP contribution < -0.4 is 0 Å². The van der Waals surface area contributed by atoms with E-state index in [1.54, 1.807) is 0 Å². The van der Waals surface area contributed by atoms with Gasteiger partial charge in [0.25, 0.3) is 0 Å². The van der Waals surface area contributed by atoms with Gasteiger partial charge in [-0.05, 0) is 50.9 Å². The average Bonchev–Trinajstić information content (AvgIpc) is 2.87. The largest absolute Gasteiger partial charge is 0.255 e. The van der Waals surface area contributed by atoms with Gasteiger partial charge in [-0.1, -0.05) is 91.0 Å². The summed E-state index contributed by atoms with van der Waals surface area (Å²) in [5.74, 6) is 0. The zero-order chi connectivity index (χ0) is 21.3. The lowest BCUT2D eigenvalue weighted by Gasteiger charge is -2.09. The van der Waals surface area contributed by atoms with Gasteiger partial charge in [-0.2, -0.15) is 0 Å². The van der Waals surface area contributed by atoms with Crippen LogP contribution in [0.15, 0.2) is 120 Å². The maximum Gasteiger partial charge on any atom is 0.0890 e. The van der Waals surface area contributed by atoms with E-state index in [-0.39, 0.29) is 0 Å². The van der Waals surface area contributed by atoms with Crippen LogP contribution in [0.2, 0.25) is 0 Å². The summed E-state index contributed by atoms with van der Waals surface area (Å²) in [7, 11) is 0. The minimum atomic E-state index is 0.880. The Kier molecular flexibility index (Phi) is 4.47. The van der Waals surface area contributed by atoms with Gasteiger partial charge < -0.3 is 0 Å². The van der Waals surface area contributed by atoms with Gasteiger partial charge in [-0.25, -0.2) is 0 Å². The molecule has 0 bridgehead atoms. The zero-order valence-corrected chi connectivity index (χ0v) is 17.4. The van der Waals surface area contributed by atoms with Crippen LogP contribution in [0.3, 0.4) is 0 Å². The van der Waals surface area contributed by atoms with Crippen molar-refractivity contribution in [3.05, 3.63) is 121 Å². The van der Waals surface area contributed by atoms with Crippen LogP contribution in [0.1, 0.15) is 5.69 Å². The van der Waals surface area contributed by atoms with Crippen molar-refractivity contribution in [2.45, 2.75) is 0 Å². The molecule has 0 saturated heterocycles. The molecule has 5 aromatic carbocycles. The van der Waals surface area contributed by atoms with E-state index in [4.69, 9.17) is 4.99 Å². The third-order valence-corrected chi connectivity index (χ3v) is 5.99. The zero-order valence-electron chi connectivity index (χ0n) is 17.4. The van der Waals surface area contributed by atoms with Crippen molar-refractivity contribution in [3.63, 3.8) is 0 Å². The molecule has 0 spiro atoms. The molecule has 6 aromatic rings. The van der Waals surface area contributed by atoms with Crippen LogP contribution in [-0.2, 0) is 0 Å². The topological polar surface area (TPSA) is 25.2 Å². The highest BCUT2D eigenvalue weighted by atomic mass is 14.8. The van der Waals surface area contributed by atoms with E-state index >= 15 is 0 Å². The molecule has 0 unspecified atom stereocenters. The first-order valence-corrected chi connectivity index (χ1v) is 10.8. The predicted octanol–water partition coefficient (Wildman–Crippen LogP) is 7.96. The summed E-state index contributed by atoms with van der Waals surface area (Å²) in [6.07, 6.45) is 3.72. The van der Waals surface area contributed by atoms with Crippen molar-refractivity contribution in [1.29, 1.82) is 0 Å². The SMILES string of the molecule is C(=Nc1cccc2ccc(-c3cccc4ccccc34)cc12)c1nccc2ccccc12. The Hall–Kier alpha value is -4.30. The molecule has 0 fully saturated rings. The fourth-order valence-corrected chi connectivity index (χ4v) is 4.39. The number of hydrogen-bond donors (Lipinski definition) is 0. The maximum atomic E-state index is 4.86. The molecule has 6 rings (SSSR count). The van der Waals surface area contributed by atoms with E-state index in [1.165, 1.54) is 32.7 Å². The van der Waals surface area contributed by atoms with Crippen LogP contribution in [-0.4, -0.2) is 11.2 Å². The van der Waals surface area contributed by atoms with Gasteiger partial charge in [-0.15, -0.1) is 0 Å². The molecule has 0 radical (unpaired) electrons. The Morgan fingerprint density at radius 1 is 0.562 bits per heavy atom. The summed E-state index contributed by atoms with van der Waals surface area (Å²) in [6.45, 7) is 0. The number of benzene rings is 5. The molecule has 0 N–H and O–H groups in total. The second-order valence-electron chi connectivity index (χ2n) is 7.92. The number of fused-ring (bicyclic) bond motifs is 3. The summed E-state index contributed by atoms with van der Waals surface area (Å²) < 4.78 is 0. The van der Waals surface area contributed by atoms with Gasteiger partial charge in [0.2, 0.25) is 0 Å². The predicted molar refractivity (Wildman–Crippen MR) is 136 cm³/mol. The summed E-state index contributed by atoms with van der Waals surface area (Å²) >= 11 is 0. The highest BCUT2D eigenvalue weighted by molar-refractivity contribution is 6.03. The lowest BCUT2D eigenvalue weighted by Crippen LogP contribution is -1.89. The van der Waals surface area contributed by atoms with Crippen LogP contribution in [0.25, 0.3) is 43.4 Å². The Morgan fingerprint density at radius 2 is 1.25 bits per heavy atom. The van der Waals surface area contributed by atoms with Crippen molar-refractivity contribution in [3.8, 4) is 11.1 Å². The van der Waals surface area contributed by atoms with Crippen molar-refractivity contribution in [1.82, 2.24) is 4.98 Å². The molecule has 0 aliphatic carbocycles. The normalized spacial score (nSPS) is 11.6. The van der Waals surface area contributed by atoms with Crippen molar-refractivity contribution in [2.24, 2.45) is 4.99 Å². The molecule has 0 aliphatic rings. The Morgan fingerprint density at radius 3 is 2.12 bits per heavy atom. The third-order valence-electron chi connectivity index (χ3n) is 5.99. The van der Waals surface area contributed by atoms with Crippen LogP contribution in [0.5, 0.6) is 0 Å². The lowest BCUT2D eigenvalue weighted by molar-refractivity contribution is 1.33. The number of hydrogen-bond acceptors (Lipinski definition) is 2. The number of pyridine rings is 1. The van der Waals surface area contributed by atoms with Gasteiger partial charge in [0.15, 0.2) is 0 Å². The third kappa shape index (κ3) is 3.23. The second kappa shape index (κ2) is 7.75. The minimum absolute atomic E-state index is 0.880. The molecule has 2 heteroatoms. The van der Waals surface area contributed by atoms with E-state index in [0.717, 1.165) is 22.2 Å². The molecule has 0 aliphatic heterocycles. The maximum absolute atomic E-state index is 4.86. The second-order valence-corrected chi connectivity index (χ2v) is 7.92. The fraction of sp³-hybridized carbons (Fsp3) is 0. The van der Waals surface area contributed by atoms with Gasteiger partial charge >= 0.3 is 0 Å². The number of nitrogens with zero attached hydrogens (tertiary/aromatic N) is 2. The summed E-state index contributed by atoms with van der Waals surface area (Å²) in [4.78, 5) is 9.42. The summed E-state index contributed by atoms with van der Waals surface area (Å²) in [6, 6.07) is 38.2. The minimum Gasteiger partial charge on any atom is -0.255 e. The van der Waals surface area contributed by atoms with Crippen molar-refractivity contribution < 1.29 is 0 Å².